The molecule has 0 saturated heterocycles. The molecule has 0 amide bonds. The average molecular weight is 732 g/mol. The molecule has 0 bridgehead atoms. The normalized spacial score (nSPS) is 15.4. The van der Waals surface area contributed by atoms with Gasteiger partial charge in [0.1, 0.15) is 11.7 Å². The van der Waals surface area contributed by atoms with Crippen LogP contribution in [0.15, 0.2) is 185 Å². The molecule has 10 aromatic rings. The van der Waals surface area contributed by atoms with Crippen molar-refractivity contribution < 1.29 is 4.42 Å². The molecule has 4 heteroatoms. The maximum Gasteiger partial charge on any atom is 0.159 e. The van der Waals surface area contributed by atoms with Crippen molar-refractivity contribution in [3.63, 3.8) is 0 Å². The molecule has 1 aliphatic heterocycles. The van der Waals surface area contributed by atoms with E-state index in [9.17, 15) is 0 Å². The van der Waals surface area contributed by atoms with Crippen molar-refractivity contribution in [1.82, 2.24) is 9.88 Å². The molecule has 12 rings (SSSR count). The van der Waals surface area contributed by atoms with Crippen LogP contribution in [-0.2, 0) is 5.41 Å². The number of rotatable bonds is 4. The Balaban J connectivity index is 1.04. The molecule has 57 heavy (non-hydrogen) atoms. The fourth-order valence-corrected chi connectivity index (χ4v) is 9.81. The molecule has 8 aromatic carbocycles. The number of benzene rings is 8. The first-order valence-electron chi connectivity index (χ1n) is 19.8. The van der Waals surface area contributed by atoms with Gasteiger partial charge in [-0.3, -0.25) is 4.99 Å². The van der Waals surface area contributed by atoms with E-state index in [1.165, 1.54) is 49.7 Å². The first-order chi connectivity index (χ1) is 28.0. The monoisotopic (exact) mass is 731 g/mol. The lowest BCUT2D eigenvalue weighted by molar-refractivity contribution is 0.636. The van der Waals surface area contributed by atoms with Gasteiger partial charge in [-0.1, -0.05) is 159 Å². The highest BCUT2D eigenvalue weighted by Gasteiger charge is 2.37. The van der Waals surface area contributed by atoms with E-state index in [0.29, 0.717) is 0 Å². The molecule has 0 radical (unpaired) electrons. The third-order valence-corrected chi connectivity index (χ3v) is 12.5. The Morgan fingerprint density at radius 2 is 1.28 bits per heavy atom. The van der Waals surface area contributed by atoms with Crippen LogP contribution in [0.3, 0.4) is 0 Å². The zero-order chi connectivity index (χ0) is 37.8. The highest BCUT2D eigenvalue weighted by molar-refractivity contribution is 6.19. The van der Waals surface area contributed by atoms with E-state index in [1.807, 2.05) is 0 Å². The van der Waals surface area contributed by atoms with Crippen LogP contribution in [0.2, 0.25) is 0 Å². The fourth-order valence-electron chi connectivity index (χ4n) is 9.81. The summed E-state index contributed by atoms with van der Waals surface area (Å²) in [6.07, 6.45) is -0.323. The lowest BCUT2D eigenvalue weighted by Crippen LogP contribution is -2.39. The Bertz CT molecular complexity index is 3410. The second-order valence-electron chi connectivity index (χ2n) is 15.9. The number of nitrogens with zero attached hydrogens (tertiary/aromatic N) is 2. The Morgan fingerprint density at radius 3 is 2.18 bits per heavy atom. The summed E-state index contributed by atoms with van der Waals surface area (Å²) in [6.45, 7) is 4.70. The smallest absolute Gasteiger partial charge is 0.159 e. The molecule has 2 aliphatic rings. The van der Waals surface area contributed by atoms with Gasteiger partial charge in [-0.2, -0.15) is 0 Å². The second kappa shape index (κ2) is 11.9. The van der Waals surface area contributed by atoms with Crippen molar-refractivity contribution in [2.24, 2.45) is 4.99 Å². The lowest BCUT2D eigenvalue weighted by Gasteiger charge is -2.23. The third-order valence-electron chi connectivity index (χ3n) is 12.5. The van der Waals surface area contributed by atoms with Gasteiger partial charge in [0, 0.05) is 37.7 Å². The molecule has 0 spiro atoms. The van der Waals surface area contributed by atoms with Gasteiger partial charge in [0.05, 0.1) is 27.8 Å². The molecule has 4 nitrogen and oxygen atoms in total. The molecule has 0 fully saturated rings. The maximum absolute atomic E-state index is 6.96. The number of hydrogen-bond acceptors (Lipinski definition) is 3. The van der Waals surface area contributed by atoms with Crippen LogP contribution in [0.4, 0.5) is 0 Å². The van der Waals surface area contributed by atoms with Crippen LogP contribution >= 0.6 is 0 Å². The van der Waals surface area contributed by atoms with Gasteiger partial charge in [-0.15, -0.1) is 0 Å². The van der Waals surface area contributed by atoms with Gasteiger partial charge in [0.2, 0.25) is 0 Å². The highest BCUT2D eigenvalue weighted by atomic mass is 16.3. The summed E-state index contributed by atoms with van der Waals surface area (Å²) in [5, 5.41) is 10.6. The Labute approximate surface area is 329 Å². The maximum atomic E-state index is 6.96. The molecule has 0 saturated carbocycles. The van der Waals surface area contributed by atoms with Crippen molar-refractivity contribution in [1.29, 1.82) is 0 Å². The predicted octanol–water partition coefficient (Wildman–Crippen LogP) is 11.7. The van der Waals surface area contributed by atoms with Gasteiger partial charge in [-0.25, -0.2) is 0 Å². The molecule has 1 atom stereocenters. The van der Waals surface area contributed by atoms with Gasteiger partial charge in [-0.05, 0) is 69.3 Å². The van der Waals surface area contributed by atoms with E-state index >= 15 is 0 Å². The van der Waals surface area contributed by atoms with Gasteiger partial charge >= 0.3 is 0 Å². The first kappa shape index (κ1) is 32.1. The largest absolute Gasteiger partial charge is 0.454 e. The summed E-state index contributed by atoms with van der Waals surface area (Å²) in [7, 11) is 0. The van der Waals surface area contributed by atoms with Crippen molar-refractivity contribution in [3.05, 3.63) is 209 Å². The summed E-state index contributed by atoms with van der Waals surface area (Å²) in [5.41, 5.74) is 16.1. The van der Waals surface area contributed by atoms with Crippen molar-refractivity contribution in [2.45, 2.75) is 25.4 Å². The molecule has 1 unspecified atom stereocenters. The number of aromatic nitrogens is 1. The second-order valence-corrected chi connectivity index (χ2v) is 15.9. The molecule has 3 heterocycles. The molecular weight excluding hydrogens is 695 g/mol. The van der Waals surface area contributed by atoms with Crippen LogP contribution < -0.4 is 15.9 Å². The average Bonchev–Trinajstić information content (AvgIpc) is 3.89. The van der Waals surface area contributed by atoms with E-state index in [0.717, 1.165) is 60.5 Å². The molecule has 1 N–H and O–H groups in total. The molecule has 2 aromatic heterocycles. The number of fused-ring (bicyclic) bond motifs is 11. The topological polar surface area (TPSA) is 42.5 Å². The summed E-state index contributed by atoms with van der Waals surface area (Å²) < 4.78 is 9.37. The predicted molar refractivity (Wildman–Crippen MR) is 233 cm³/mol. The summed E-state index contributed by atoms with van der Waals surface area (Å²) >= 11 is 0. The molecule has 270 valence electrons. The van der Waals surface area contributed by atoms with E-state index in [2.05, 4.69) is 200 Å². The standard InChI is InChI=1S/C53H37N3O/c1-53(2)40-21-9-6-16-35(40)48-41(53)30-31-44-49(48)37-18-8-11-23-43(37)56(44)45-24-12-19-38-47-39(20-13-25-46(47)57-51(38)45)52-54-42-22-10-7-17-36(42)50(55-52)34-28-26-33(27-29-34)32-14-4-3-5-15-32/h3-31,52,55H,1-2H3. The summed E-state index contributed by atoms with van der Waals surface area (Å²) in [5.74, 6) is 0. The zero-order valence-corrected chi connectivity index (χ0v) is 31.6. The Hall–Kier alpha value is -7.17. The van der Waals surface area contributed by atoms with E-state index in [4.69, 9.17) is 9.41 Å². The Morgan fingerprint density at radius 1 is 0.561 bits per heavy atom. The number of para-hydroxylation sites is 3. The Kier molecular flexibility index (Phi) is 6.71. The minimum absolute atomic E-state index is 0.0832. The van der Waals surface area contributed by atoms with Gasteiger partial charge < -0.3 is 14.3 Å². The van der Waals surface area contributed by atoms with E-state index in [1.54, 1.807) is 0 Å². The summed E-state index contributed by atoms with van der Waals surface area (Å²) in [4.78, 5) is 5.33. The lowest BCUT2D eigenvalue weighted by atomic mass is 9.82. The minimum Gasteiger partial charge on any atom is -0.454 e. The van der Waals surface area contributed by atoms with Crippen LogP contribution in [0, 0.1) is 0 Å². The van der Waals surface area contributed by atoms with E-state index < -0.39 is 0 Å². The van der Waals surface area contributed by atoms with Crippen molar-refractivity contribution in [2.75, 3.05) is 0 Å². The summed E-state index contributed by atoms with van der Waals surface area (Å²) in [6, 6.07) is 63.1. The fraction of sp³-hybridized carbons (Fsp3) is 0.0755. The highest BCUT2D eigenvalue weighted by Crippen LogP contribution is 2.53. The third kappa shape index (κ3) is 4.58. The van der Waals surface area contributed by atoms with Crippen molar-refractivity contribution in [3.8, 4) is 27.9 Å². The zero-order valence-electron chi connectivity index (χ0n) is 31.6. The van der Waals surface area contributed by atoms with Crippen LogP contribution in [0.1, 0.15) is 42.3 Å². The minimum atomic E-state index is -0.323. The quantitative estimate of drug-likeness (QED) is 0.196. The van der Waals surface area contributed by atoms with Crippen LogP contribution in [0.25, 0.3) is 77.4 Å². The van der Waals surface area contributed by atoms with Crippen molar-refractivity contribution >= 4 is 49.4 Å². The number of nitrogens with one attached hydrogen (secondary N) is 1. The SMILES string of the molecule is CC1(C)c2ccccc2-c2c1ccc1c2c2ccccc2n1-c1cccc2c1oc1cccc(C3N=c4ccccc4=C(c4ccc(-c5ccccc5)cc4)N3)c12. The first-order valence-corrected chi connectivity index (χ1v) is 19.8. The number of furan rings is 1. The van der Waals surface area contributed by atoms with Gasteiger partial charge in [0.15, 0.2) is 5.58 Å². The van der Waals surface area contributed by atoms with E-state index in [-0.39, 0.29) is 11.6 Å². The van der Waals surface area contributed by atoms with Crippen LogP contribution in [-0.4, -0.2) is 4.57 Å². The van der Waals surface area contributed by atoms with Gasteiger partial charge in [0.25, 0.3) is 0 Å². The molecule has 1 aliphatic carbocycles. The number of hydrogen-bond donors (Lipinski definition) is 1. The molecular formula is C53H37N3O. The van der Waals surface area contributed by atoms with Crippen LogP contribution in [0.5, 0.6) is 0 Å².